The minimum atomic E-state index is -4.54. The fourth-order valence-electron chi connectivity index (χ4n) is 2.74. The lowest BCUT2D eigenvalue weighted by molar-refractivity contribution is -0.142. The van der Waals surface area contributed by atoms with Crippen LogP contribution in [0.25, 0.3) is 0 Å². The van der Waals surface area contributed by atoms with Gasteiger partial charge in [-0.25, -0.2) is 9.59 Å². The molecular formula is C18H20BrF3N4O4S2. The maximum absolute atomic E-state index is 13.0. The molecule has 0 radical (unpaired) electrons. The van der Waals surface area contributed by atoms with Gasteiger partial charge in [0.15, 0.2) is 10.8 Å². The number of aromatic nitrogens is 2. The van der Waals surface area contributed by atoms with Gasteiger partial charge in [-0.1, -0.05) is 0 Å². The third-order valence-corrected chi connectivity index (χ3v) is 6.75. The lowest BCUT2D eigenvalue weighted by Gasteiger charge is -2.11. The van der Waals surface area contributed by atoms with E-state index in [4.69, 9.17) is 21.7 Å². The van der Waals surface area contributed by atoms with E-state index in [0.717, 1.165) is 11.3 Å². The van der Waals surface area contributed by atoms with E-state index in [1.807, 2.05) is 0 Å². The highest BCUT2D eigenvalue weighted by Gasteiger charge is 2.37. The number of hydrogen-bond donors (Lipinski definition) is 2. The van der Waals surface area contributed by atoms with E-state index in [9.17, 15) is 22.8 Å². The summed E-state index contributed by atoms with van der Waals surface area (Å²) in [6.45, 7) is 3.69. The molecule has 14 heteroatoms. The molecule has 0 saturated carbocycles. The number of thiocarbonyl (C=S) groups is 1. The van der Waals surface area contributed by atoms with E-state index >= 15 is 0 Å². The third-order valence-electron chi connectivity index (χ3n) is 4.37. The monoisotopic (exact) mass is 556 g/mol. The van der Waals surface area contributed by atoms with Crippen molar-refractivity contribution in [2.45, 2.75) is 33.0 Å². The Bertz CT molecular complexity index is 1040. The minimum Gasteiger partial charge on any atom is -0.465 e. The molecule has 0 aliphatic heterocycles. The number of ether oxygens (including phenoxy) is 2. The molecule has 2 N–H and O–H groups in total. The van der Waals surface area contributed by atoms with E-state index < -0.39 is 23.8 Å². The molecule has 0 spiro atoms. The van der Waals surface area contributed by atoms with Crippen molar-refractivity contribution in [1.29, 1.82) is 0 Å². The summed E-state index contributed by atoms with van der Waals surface area (Å²) in [5.41, 5.74) is -0.0342. The topological polar surface area (TPSA) is 94.5 Å². The van der Waals surface area contributed by atoms with Crippen LogP contribution < -0.4 is 10.6 Å². The number of methoxy groups -OCH3 is 2. The van der Waals surface area contributed by atoms with Gasteiger partial charge < -0.3 is 20.1 Å². The smallest absolute Gasteiger partial charge is 0.436 e. The lowest BCUT2D eigenvalue weighted by atomic mass is 10.1. The fraction of sp³-hybridized carbons (Fsp3) is 0.444. The number of nitrogens with one attached hydrogen (secondary N) is 2. The number of nitrogens with zero attached hydrogens (tertiary/aromatic N) is 2. The summed E-state index contributed by atoms with van der Waals surface area (Å²) < 4.78 is 49.6. The summed E-state index contributed by atoms with van der Waals surface area (Å²) in [6.07, 6.45) is -4.12. The molecular weight excluding hydrogens is 537 g/mol. The number of halogens is 4. The van der Waals surface area contributed by atoms with Gasteiger partial charge in [0.25, 0.3) is 0 Å². The molecule has 0 amide bonds. The maximum atomic E-state index is 13.0. The maximum Gasteiger partial charge on any atom is 0.436 e. The molecule has 8 nitrogen and oxygen atoms in total. The number of rotatable bonds is 7. The largest absolute Gasteiger partial charge is 0.465 e. The first-order valence-corrected chi connectivity index (χ1v) is 11.1. The van der Waals surface area contributed by atoms with Crippen molar-refractivity contribution < 1.29 is 32.2 Å². The number of carbonyl (C=O) groups is 2. The Labute approximate surface area is 199 Å². The van der Waals surface area contributed by atoms with Crippen LogP contribution in [0.15, 0.2) is 4.47 Å². The number of anilines is 1. The van der Waals surface area contributed by atoms with Crippen LogP contribution in [-0.4, -0.2) is 47.6 Å². The highest BCUT2D eigenvalue weighted by molar-refractivity contribution is 9.10. The molecule has 32 heavy (non-hydrogen) atoms. The summed E-state index contributed by atoms with van der Waals surface area (Å²) >= 11 is 9.16. The molecule has 0 aliphatic rings. The summed E-state index contributed by atoms with van der Waals surface area (Å²) in [5.74, 6) is -1.23. The molecule has 2 rings (SSSR count). The van der Waals surface area contributed by atoms with Crippen molar-refractivity contribution in [3.8, 4) is 0 Å². The van der Waals surface area contributed by atoms with Crippen molar-refractivity contribution in [2.75, 3.05) is 26.1 Å². The zero-order chi connectivity index (χ0) is 24.2. The molecule has 2 aromatic heterocycles. The van der Waals surface area contributed by atoms with Gasteiger partial charge in [-0.2, -0.15) is 18.3 Å². The van der Waals surface area contributed by atoms with Gasteiger partial charge in [0.05, 0.1) is 29.9 Å². The number of aryl methyl sites for hydroxylation is 1. The van der Waals surface area contributed by atoms with Gasteiger partial charge in [-0.05, 0) is 54.0 Å². The summed E-state index contributed by atoms with van der Waals surface area (Å²) in [4.78, 5) is 24.3. The second-order valence-electron chi connectivity index (χ2n) is 6.45. The van der Waals surface area contributed by atoms with Crippen molar-refractivity contribution in [2.24, 2.45) is 0 Å². The lowest BCUT2D eigenvalue weighted by Crippen LogP contribution is -2.30. The van der Waals surface area contributed by atoms with Gasteiger partial charge in [-0.15, -0.1) is 11.3 Å². The summed E-state index contributed by atoms with van der Waals surface area (Å²) in [5, 5.41) is 9.87. The highest BCUT2D eigenvalue weighted by atomic mass is 79.9. The molecule has 0 aromatic carbocycles. The predicted molar refractivity (Wildman–Crippen MR) is 120 cm³/mol. The zero-order valence-electron chi connectivity index (χ0n) is 17.5. The van der Waals surface area contributed by atoms with E-state index in [2.05, 4.69) is 31.7 Å². The van der Waals surface area contributed by atoms with Crippen LogP contribution in [0.3, 0.4) is 0 Å². The van der Waals surface area contributed by atoms with Gasteiger partial charge in [0.1, 0.15) is 9.88 Å². The van der Waals surface area contributed by atoms with Gasteiger partial charge in [0, 0.05) is 13.1 Å². The van der Waals surface area contributed by atoms with Crippen LogP contribution in [0.1, 0.15) is 43.4 Å². The first-order valence-electron chi connectivity index (χ1n) is 9.07. The van der Waals surface area contributed by atoms with Crippen molar-refractivity contribution >= 4 is 61.5 Å². The molecule has 2 aromatic rings. The summed E-state index contributed by atoms with van der Waals surface area (Å²) in [7, 11) is 2.45. The Balaban J connectivity index is 2.01. The second kappa shape index (κ2) is 10.6. The first kappa shape index (κ1) is 26.1. The number of alkyl halides is 3. The zero-order valence-corrected chi connectivity index (χ0v) is 20.7. The standard InChI is InChI=1S/C18H20BrF3N4O4S2/c1-8-10(15(27)29-3)14(32-12(8)16(28)30-4)24-17(31)23-6-5-7-26-9(2)11(19)13(25-26)18(20,21)22/h5-7H2,1-4H3,(H2,23,24,31). The molecule has 2 heterocycles. The Morgan fingerprint density at radius 2 is 1.84 bits per heavy atom. The number of carbonyl (C=O) groups excluding carboxylic acids is 2. The number of thiophene rings is 1. The summed E-state index contributed by atoms with van der Waals surface area (Å²) in [6, 6.07) is 0. The van der Waals surface area contributed by atoms with E-state index in [0.29, 0.717) is 29.2 Å². The average molecular weight is 557 g/mol. The Morgan fingerprint density at radius 3 is 2.38 bits per heavy atom. The molecule has 0 unspecified atom stereocenters. The molecule has 0 saturated heterocycles. The van der Waals surface area contributed by atoms with Crippen LogP contribution in [0.4, 0.5) is 18.2 Å². The van der Waals surface area contributed by atoms with E-state index in [1.165, 1.54) is 25.8 Å². The molecule has 0 aliphatic carbocycles. The molecule has 0 atom stereocenters. The first-order chi connectivity index (χ1) is 14.9. The number of hydrogen-bond acceptors (Lipinski definition) is 7. The van der Waals surface area contributed by atoms with Crippen LogP contribution in [0.5, 0.6) is 0 Å². The normalized spacial score (nSPS) is 11.2. The Kier molecular flexibility index (Phi) is 8.65. The third kappa shape index (κ3) is 5.78. The predicted octanol–water partition coefficient (Wildman–Crippen LogP) is 4.29. The Morgan fingerprint density at radius 1 is 1.22 bits per heavy atom. The van der Waals surface area contributed by atoms with Crippen molar-refractivity contribution in [1.82, 2.24) is 15.1 Å². The number of esters is 2. The van der Waals surface area contributed by atoms with Crippen LogP contribution in [-0.2, 0) is 22.2 Å². The molecule has 0 fully saturated rings. The minimum absolute atomic E-state index is 0.0834. The van der Waals surface area contributed by atoms with Crippen molar-refractivity contribution in [3.05, 3.63) is 31.9 Å². The fourth-order valence-corrected chi connectivity index (χ4v) is 4.63. The average Bonchev–Trinajstić information content (AvgIpc) is 3.20. The van der Waals surface area contributed by atoms with Gasteiger partial charge in [0.2, 0.25) is 0 Å². The van der Waals surface area contributed by atoms with Gasteiger partial charge >= 0.3 is 18.1 Å². The van der Waals surface area contributed by atoms with Crippen LogP contribution in [0, 0.1) is 13.8 Å². The van der Waals surface area contributed by atoms with E-state index in [1.54, 1.807) is 6.92 Å². The molecule has 176 valence electrons. The molecule has 0 bridgehead atoms. The van der Waals surface area contributed by atoms with Crippen LogP contribution in [0.2, 0.25) is 0 Å². The second-order valence-corrected chi connectivity index (χ2v) is 8.67. The highest BCUT2D eigenvalue weighted by Crippen LogP contribution is 2.36. The van der Waals surface area contributed by atoms with Crippen molar-refractivity contribution in [3.63, 3.8) is 0 Å². The SMILES string of the molecule is COC(=O)c1sc(NC(=S)NCCCn2nc(C(F)(F)F)c(Br)c2C)c(C(=O)OC)c1C. The van der Waals surface area contributed by atoms with E-state index in [-0.39, 0.29) is 26.6 Å². The van der Waals surface area contributed by atoms with Gasteiger partial charge in [-0.3, -0.25) is 4.68 Å². The quantitative estimate of drug-likeness (QED) is 0.296. The van der Waals surface area contributed by atoms with Crippen LogP contribution >= 0.6 is 39.5 Å². The Hall–Kier alpha value is -2.19.